The fourth-order valence-corrected chi connectivity index (χ4v) is 16.2. The molecule has 0 spiro atoms. The van der Waals surface area contributed by atoms with Gasteiger partial charge in [0.25, 0.3) is 0 Å². The summed E-state index contributed by atoms with van der Waals surface area (Å²) in [6, 6.07) is 20.9. The number of hydrogen-bond donors (Lipinski definition) is 0. The fraction of sp³-hybridized carbons (Fsp3) is 0.581. The Kier molecular flexibility index (Phi) is 19.6. The van der Waals surface area contributed by atoms with E-state index in [1.54, 1.807) is 38.3 Å². The van der Waals surface area contributed by atoms with Crippen LogP contribution in [-0.4, -0.2) is 0 Å². The van der Waals surface area contributed by atoms with E-state index in [9.17, 15) is 0 Å². The molecule has 0 saturated heterocycles. The van der Waals surface area contributed by atoms with Crippen molar-refractivity contribution in [3.05, 3.63) is 68.0 Å². The van der Waals surface area contributed by atoms with Crippen LogP contribution in [0, 0.1) is 0 Å². The van der Waals surface area contributed by atoms with Gasteiger partial charge >= 0.3 is 0 Å². The van der Waals surface area contributed by atoms with Crippen LogP contribution in [0.25, 0.3) is 72.7 Å². The molecule has 4 aromatic carbocycles. The number of unbranched alkanes of at least 4 members (excludes halogenated alkanes) is 24. The van der Waals surface area contributed by atoms with Crippen molar-refractivity contribution in [2.24, 2.45) is 0 Å². The van der Waals surface area contributed by atoms with Crippen LogP contribution in [-0.2, 0) is 25.7 Å². The predicted octanol–water partition coefficient (Wildman–Crippen LogP) is 23.2. The molecule has 0 amide bonds. The molecule has 356 valence electrons. The maximum Gasteiger partial charge on any atom is 0.0530 e. The molecule has 0 aliphatic carbocycles. The van der Waals surface area contributed by atoms with Gasteiger partial charge in [0.05, 0.1) is 18.8 Å². The van der Waals surface area contributed by atoms with Crippen LogP contribution < -0.4 is 0 Å². The summed E-state index contributed by atoms with van der Waals surface area (Å²) in [5.41, 5.74) is 0. The molecule has 0 fully saturated rings. The maximum absolute atomic E-state index is 2.62. The molecule has 4 heteroatoms. The Labute approximate surface area is 416 Å². The molecule has 66 heavy (non-hydrogen) atoms. The van der Waals surface area contributed by atoms with Crippen LogP contribution in [0.3, 0.4) is 0 Å². The van der Waals surface area contributed by atoms with Gasteiger partial charge in [0.1, 0.15) is 0 Å². The van der Waals surface area contributed by atoms with Gasteiger partial charge in [-0.2, -0.15) is 0 Å². The Hall–Kier alpha value is -2.50. The van der Waals surface area contributed by atoms with Gasteiger partial charge in [0.15, 0.2) is 0 Å². The van der Waals surface area contributed by atoms with Crippen LogP contribution in [0.2, 0.25) is 0 Å². The van der Waals surface area contributed by atoms with E-state index in [1.165, 1.54) is 259 Å². The first kappa shape index (κ1) is 49.9. The minimum Gasteiger partial charge on any atom is -0.139 e. The second-order valence-electron chi connectivity index (χ2n) is 20.5. The van der Waals surface area contributed by atoms with Crippen LogP contribution in [0.15, 0.2) is 48.5 Å². The monoisotopic (exact) mass is 957 g/mol. The lowest BCUT2D eigenvalue weighted by atomic mass is 9.94. The van der Waals surface area contributed by atoms with Crippen molar-refractivity contribution in [3.8, 4) is 0 Å². The smallest absolute Gasteiger partial charge is 0.0530 e. The van der Waals surface area contributed by atoms with Gasteiger partial charge in [-0.15, -0.1) is 45.3 Å². The molecule has 4 heterocycles. The van der Waals surface area contributed by atoms with E-state index in [-0.39, 0.29) is 0 Å². The number of fused-ring (bicyclic) bond motifs is 13. The van der Waals surface area contributed by atoms with Crippen LogP contribution in [0.5, 0.6) is 0 Å². The number of thiophene rings is 4. The third kappa shape index (κ3) is 12.6. The van der Waals surface area contributed by atoms with Crippen molar-refractivity contribution in [1.29, 1.82) is 0 Å². The van der Waals surface area contributed by atoms with Gasteiger partial charge in [0, 0.05) is 41.1 Å². The lowest BCUT2D eigenvalue weighted by Gasteiger charge is -2.10. The van der Waals surface area contributed by atoms with Crippen molar-refractivity contribution < 1.29 is 0 Å². The second-order valence-corrected chi connectivity index (χ2v) is 25.0. The summed E-state index contributed by atoms with van der Waals surface area (Å²) >= 11 is 8.48. The van der Waals surface area contributed by atoms with Crippen molar-refractivity contribution >= 4 is 118 Å². The lowest BCUT2D eigenvalue weighted by molar-refractivity contribution is 0.590. The topological polar surface area (TPSA) is 0 Å². The van der Waals surface area contributed by atoms with Gasteiger partial charge in [0.2, 0.25) is 0 Å². The van der Waals surface area contributed by atoms with Gasteiger partial charge in [-0.3, -0.25) is 0 Å². The van der Waals surface area contributed by atoms with E-state index in [0.717, 1.165) is 0 Å². The van der Waals surface area contributed by atoms with Gasteiger partial charge in [-0.1, -0.05) is 182 Å². The van der Waals surface area contributed by atoms with Gasteiger partial charge in [-0.05, 0) is 132 Å². The summed E-state index contributed by atoms with van der Waals surface area (Å²) < 4.78 is 6.20. The van der Waals surface area contributed by atoms with E-state index in [2.05, 4.69) is 122 Å². The zero-order valence-corrected chi connectivity index (χ0v) is 45.1. The summed E-state index contributed by atoms with van der Waals surface area (Å²) in [6.07, 6.45) is 43.3. The highest BCUT2D eigenvalue weighted by Crippen LogP contribution is 2.48. The predicted molar refractivity (Wildman–Crippen MR) is 307 cm³/mol. The molecular weight excluding hydrogens is 873 g/mol. The number of benzene rings is 4. The molecule has 0 aliphatic heterocycles. The molecule has 0 bridgehead atoms. The third-order valence-corrected chi connectivity index (χ3v) is 20.0. The molecular formula is C62H84S4. The van der Waals surface area contributed by atoms with Gasteiger partial charge < -0.3 is 0 Å². The van der Waals surface area contributed by atoms with E-state index in [0.29, 0.717) is 0 Å². The third-order valence-electron chi connectivity index (χ3n) is 14.9. The Balaban J connectivity index is 1.16. The van der Waals surface area contributed by atoms with Crippen molar-refractivity contribution in [1.82, 2.24) is 0 Å². The quantitative estimate of drug-likeness (QED) is 0.0291. The van der Waals surface area contributed by atoms with Crippen LogP contribution in [0.1, 0.15) is 227 Å². The Bertz CT molecular complexity index is 2360. The van der Waals surface area contributed by atoms with E-state index >= 15 is 0 Å². The second kappa shape index (κ2) is 25.9. The first-order chi connectivity index (χ1) is 32.6. The molecule has 0 N–H and O–H groups in total. The van der Waals surface area contributed by atoms with Crippen molar-refractivity contribution in [3.63, 3.8) is 0 Å². The number of aryl methyl sites for hydroxylation is 4. The summed E-state index contributed by atoms with van der Waals surface area (Å²) in [6.45, 7) is 9.30. The van der Waals surface area contributed by atoms with Crippen molar-refractivity contribution in [2.75, 3.05) is 0 Å². The highest BCUT2D eigenvalue weighted by molar-refractivity contribution is 7.28. The highest BCUT2D eigenvalue weighted by atomic mass is 32.1. The van der Waals surface area contributed by atoms with E-state index < -0.39 is 0 Å². The number of hydrogen-bond acceptors (Lipinski definition) is 4. The summed E-state index contributed by atoms with van der Waals surface area (Å²) in [7, 11) is 0. The Morgan fingerprint density at radius 3 is 0.636 bits per heavy atom. The first-order valence-electron chi connectivity index (χ1n) is 27.7. The lowest BCUT2D eigenvalue weighted by Crippen LogP contribution is -1.84. The van der Waals surface area contributed by atoms with Crippen LogP contribution in [0.4, 0.5) is 0 Å². The van der Waals surface area contributed by atoms with Crippen LogP contribution >= 0.6 is 45.3 Å². The molecule has 8 aromatic rings. The minimum atomic E-state index is 1.22. The maximum atomic E-state index is 2.62. The molecule has 4 aromatic heterocycles. The molecule has 8 rings (SSSR count). The fourth-order valence-electron chi connectivity index (χ4n) is 11.0. The zero-order chi connectivity index (χ0) is 45.5. The summed E-state index contributed by atoms with van der Waals surface area (Å²) in [5.74, 6) is 0. The zero-order valence-electron chi connectivity index (χ0n) is 41.9. The van der Waals surface area contributed by atoms with Gasteiger partial charge in [-0.25, -0.2) is 0 Å². The van der Waals surface area contributed by atoms with E-state index in [4.69, 9.17) is 0 Å². The van der Waals surface area contributed by atoms with E-state index in [1.807, 2.05) is 0 Å². The standard InChI is InChI=1S/C62H84S4/c1-5-9-13-17-21-25-29-33-47-41-55-51-37-45-39-53-54(40-46(45)38-52(51)56-42-48(64-60(56)59(55)63-47)34-30-26-22-18-14-10-6-2)58-44-50(36-32-28-24-20-16-12-8-4)66-62(58)61-57(53)43-49(65-61)35-31-27-23-19-15-11-7-3/h37-44H,5-36H2,1-4H3. The average Bonchev–Trinajstić information content (AvgIpc) is 4.15. The summed E-state index contributed by atoms with van der Waals surface area (Å²) in [4.78, 5) is 6.37. The first-order valence-corrected chi connectivity index (χ1v) is 31.0. The average molecular weight is 958 g/mol. The molecule has 0 saturated carbocycles. The number of rotatable bonds is 32. The Morgan fingerprint density at radius 1 is 0.227 bits per heavy atom. The normalized spacial score (nSPS) is 12.4. The van der Waals surface area contributed by atoms with Crippen molar-refractivity contribution in [2.45, 2.75) is 233 Å². The molecule has 0 nitrogen and oxygen atoms in total. The Morgan fingerprint density at radius 2 is 0.424 bits per heavy atom. The summed E-state index contributed by atoms with van der Waals surface area (Å²) in [5, 5.41) is 14.7. The SMILES string of the molecule is CCCCCCCCCc1cc2c3cc4cc5c(cc4cc3c3cc(CCCCCCCCC)sc3c2s1)c1cc(CCCCCCCCC)sc1c1sc(CCCCCCCCC)cc51. The molecule has 0 radical (unpaired) electrons. The molecule has 0 atom stereocenters. The highest BCUT2D eigenvalue weighted by Gasteiger charge is 2.20. The molecule has 0 unspecified atom stereocenters. The molecule has 0 aliphatic rings. The minimum absolute atomic E-state index is 1.22. The largest absolute Gasteiger partial charge is 0.139 e.